The van der Waals surface area contributed by atoms with Crippen LogP contribution in [0, 0.1) is 5.82 Å². The number of rotatable bonds is 7. The second-order valence-electron chi connectivity index (χ2n) is 7.75. The minimum absolute atomic E-state index is 0.0791. The topological polar surface area (TPSA) is 64.4 Å². The Morgan fingerprint density at radius 3 is 2.47 bits per heavy atom. The molecule has 0 aliphatic heterocycles. The molecule has 4 aromatic rings. The fourth-order valence-corrected chi connectivity index (χ4v) is 4.12. The molecule has 4 rings (SSSR count). The van der Waals surface area contributed by atoms with Crippen LogP contribution < -0.4 is 5.56 Å². The van der Waals surface area contributed by atoms with E-state index < -0.39 is 17.4 Å². The van der Waals surface area contributed by atoms with Crippen LogP contribution in [-0.2, 0) is 4.74 Å². The maximum atomic E-state index is 14.9. The maximum absolute atomic E-state index is 14.9. The van der Waals surface area contributed by atoms with Crippen LogP contribution in [0.3, 0.4) is 0 Å². The Hall–Kier alpha value is -3.36. The van der Waals surface area contributed by atoms with Gasteiger partial charge in [0.25, 0.3) is 11.5 Å². The normalized spacial score (nSPS) is 12.0. The number of carbonyl (C=O) groups excluding carboxylic acids is 1. The van der Waals surface area contributed by atoms with Crippen molar-refractivity contribution in [1.29, 1.82) is 0 Å². The van der Waals surface area contributed by atoms with E-state index in [4.69, 9.17) is 9.72 Å². The minimum Gasteiger partial charge on any atom is -0.383 e. The molecule has 0 spiro atoms. The Labute approximate surface area is 204 Å². The molecule has 1 aromatic heterocycles. The zero-order valence-electron chi connectivity index (χ0n) is 18.7. The van der Waals surface area contributed by atoms with Gasteiger partial charge < -0.3 is 9.64 Å². The molecule has 0 saturated heterocycles. The number of hydrogen-bond donors (Lipinski definition) is 0. The van der Waals surface area contributed by atoms with Crippen molar-refractivity contribution in [1.82, 2.24) is 14.5 Å². The third kappa shape index (κ3) is 4.64. The van der Waals surface area contributed by atoms with Gasteiger partial charge in [-0.3, -0.25) is 14.2 Å². The number of hydrogen-bond acceptors (Lipinski definition) is 4. The fourth-order valence-electron chi connectivity index (χ4n) is 3.85. The number of para-hydroxylation sites is 2. The van der Waals surface area contributed by atoms with Gasteiger partial charge in [-0.1, -0.05) is 40.2 Å². The number of ether oxygens (including phenoxy) is 1. The van der Waals surface area contributed by atoms with E-state index in [2.05, 4.69) is 15.9 Å². The molecular weight excluding hydrogens is 501 g/mol. The molecule has 0 N–H and O–H groups in total. The van der Waals surface area contributed by atoms with Crippen molar-refractivity contribution in [2.75, 3.05) is 20.3 Å². The molecule has 3 aromatic carbocycles. The average Bonchev–Trinajstić information content (AvgIpc) is 2.85. The maximum Gasteiger partial charge on any atom is 0.266 e. The van der Waals surface area contributed by atoms with Gasteiger partial charge in [0.15, 0.2) is 0 Å². The Kier molecular flexibility index (Phi) is 7.19. The summed E-state index contributed by atoms with van der Waals surface area (Å²) < 4.78 is 22.2. The summed E-state index contributed by atoms with van der Waals surface area (Å²) in [6, 6.07) is 19.3. The lowest BCUT2D eigenvalue weighted by atomic mass is 10.1. The Balaban J connectivity index is 1.91. The van der Waals surface area contributed by atoms with Gasteiger partial charge in [0.2, 0.25) is 0 Å². The highest BCUT2D eigenvalue weighted by atomic mass is 79.9. The molecule has 8 heteroatoms. The zero-order chi connectivity index (χ0) is 24.2. The van der Waals surface area contributed by atoms with Crippen molar-refractivity contribution in [3.05, 3.63) is 105 Å². The first-order valence-corrected chi connectivity index (χ1v) is 11.5. The molecule has 0 radical (unpaired) electrons. The summed E-state index contributed by atoms with van der Waals surface area (Å²) in [5, 5.41) is 0.365. The fraction of sp³-hybridized carbons (Fsp3) is 0.192. The smallest absolute Gasteiger partial charge is 0.266 e. The molecular formula is C26H23BrFN3O3. The number of benzene rings is 3. The first-order valence-electron chi connectivity index (χ1n) is 10.7. The van der Waals surface area contributed by atoms with Crippen molar-refractivity contribution in [2.45, 2.75) is 13.0 Å². The lowest BCUT2D eigenvalue weighted by Gasteiger charge is -2.30. The highest BCUT2D eigenvalue weighted by molar-refractivity contribution is 9.10. The largest absolute Gasteiger partial charge is 0.383 e. The summed E-state index contributed by atoms with van der Waals surface area (Å²) in [4.78, 5) is 33.4. The lowest BCUT2D eigenvalue weighted by molar-refractivity contribution is 0.0605. The molecule has 0 aliphatic carbocycles. The zero-order valence-corrected chi connectivity index (χ0v) is 20.3. The molecule has 0 saturated carbocycles. The molecule has 1 amide bonds. The molecule has 174 valence electrons. The highest BCUT2D eigenvalue weighted by Gasteiger charge is 2.28. The molecule has 1 atom stereocenters. The molecule has 6 nitrogen and oxygen atoms in total. The van der Waals surface area contributed by atoms with Gasteiger partial charge in [0.1, 0.15) is 11.6 Å². The summed E-state index contributed by atoms with van der Waals surface area (Å²) in [6.07, 6.45) is 0. The van der Waals surface area contributed by atoms with Crippen LogP contribution in [0.25, 0.3) is 16.6 Å². The number of fused-ring (bicyclic) bond motifs is 1. The highest BCUT2D eigenvalue weighted by Crippen LogP contribution is 2.25. The van der Waals surface area contributed by atoms with Gasteiger partial charge in [-0.05, 0) is 55.5 Å². The Morgan fingerprint density at radius 2 is 1.76 bits per heavy atom. The van der Waals surface area contributed by atoms with Gasteiger partial charge >= 0.3 is 0 Å². The van der Waals surface area contributed by atoms with Gasteiger partial charge in [-0.15, -0.1) is 0 Å². The number of nitrogens with zero attached hydrogens (tertiary/aromatic N) is 3. The quantitative estimate of drug-likeness (QED) is 0.336. The van der Waals surface area contributed by atoms with Crippen molar-refractivity contribution in [3.63, 3.8) is 0 Å². The first-order chi connectivity index (χ1) is 16.4. The monoisotopic (exact) mass is 523 g/mol. The average molecular weight is 524 g/mol. The second-order valence-corrected chi connectivity index (χ2v) is 8.67. The summed E-state index contributed by atoms with van der Waals surface area (Å²) in [5.74, 6) is -0.548. The standard InChI is InChI=1S/C26H23BrFN3O3/c1-17(30(15-16-34-2)25(32)18-11-13-19(27)14-12-18)24-29-22-9-5-3-7-20(22)26(33)31(24)23-10-6-4-8-21(23)28/h3-14,17H,15-16H2,1-2H3. The van der Waals surface area contributed by atoms with Gasteiger partial charge in [0.05, 0.1) is 29.2 Å². The van der Waals surface area contributed by atoms with E-state index in [9.17, 15) is 14.0 Å². The first kappa shape index (κ1) is 23.8. The summed E-state index contributed by atoms with van der Waals surface area (Å²) in [7, 11) is 1.55. The molecule has 0 bridgehead atoms. The van der Waals surface area contributed by atoms with Crippen LogP contribution in [0.1, 0.15) is 29.1 Å². The third-order valence-electron chi connectivity index (χ3n) is 5.62. The molecule has 34 heavy (non-hydrogen) atoms. The van der Waals surface area contributed by atoms with E-state index >= 15 is 0 Å². The van der Waals surface area contributed by atoms with Crippen LogP contribution >= 0.6 is 15.9 Å². The van der Waals surface area contributed by atoms with Crippen LogP contribution in [-0.4, -0.2) is 40.6 Å². The number of amides is 1. The van der Waals surface area contributed by atoms with Crippen LogP contribution in [0.15, 0.2) is 82.1 Å². The lowest BCUT2D eigenvalue weighted by Crippen LogP contribution is -2.39. The molecule has 1 heterocycles. The minimum atomic E-state index is -0.664. The van der Waals surface area contributed by atoms with Crippen molar-refractivity contribution >= 4 is 32.7 Å². The second kappa shape index (κ2) is 10.3. The van der Waals surface area contributed by atoms with Crippen LogP contribution in [0.4, 0.5) is 4.39 Å². The predicted molar refractivity (Wildman–Crippen MR) is 133 cm³/mol. The Morgan fingerprint density at radius 1 is 1.09 bits per heavy atom. The number of halogens is 2. The third-order valence-corrected chi connectivity index (χ3v) is 6.15. The van der Waals surface area contributed by atoms with Crippen LogP contribution in [0.5, 0.6) is 0 Å². The molecule has 0 aliphatic rings. The molecule has 0 fully saturated rings. The predicted octanol–water partition coefficient (Wildman–Crippen LogP) is 5.14. The SMILES string of the molecule is COCCN(C(=O)c1ccc(Br)cc1)C(C)c1nc2ccccc2c(=O)n1-c1ccccc1F. The Bertz CT molecular complexity index is 1390. The van der Waals surface area contributed by atoms with E-state index in [1.165, 1.54) is 16.7 Å². The van der Waals surface area contributed by atoms with E-state index in [0.29, 0.717) is 16.5 Å². The van der Waals surface area contributed by atoms with Crippen molar-refractivity contribution in [3.8, 4) is 5.69 Å². The van der Waals surface area contributed by atoms with Crippen molar-refractivity contribution in [2.24, 2.45) is 0 Å². The van der Waals surface area contributed by atoms with E-state index in [0.717, 1.165) is 4.47 Å². The van der Waals surface area contributed by atoms with Gasteiger partial charge in [0, 0.05) is 23.7 Å². The van der Waals surface area contributed by atoms with E-state index in [-0.39, 0.29) is 30.6 Å². The summed E-state index contributed by atoms with van der Waals surface area (Å²) >= 11 is 3.38. The summed E-state index contributed by atoms with van der Waals surface area (Å²) in [6.45, 7) is 2.32. The van der Waals surface area contributed by atoms with Gasteiger partial charge in [-0.2, -0.15) is 0 Å². The van der Waals surface area contributed by atoms with Gasteiger partial charge in [-0.25, -0.2) is 9.37 Å². The molecule has 1 unspecified atom stereocenters. The van der Waals surface area contributed by atoms with E-state index in [1.807, 2.05) is 0 Å². The number of aromatic nitrogens is 2. The van der Waals surface area contributed by atoms with Crippen molar-refractivity contribution < 1.29 is 13.9 Å². The van der Waals surface area contributed by atoms with Crippen LogP contribution in [0.2, 0.25) is 0 Å². The summed E-state index contributed by atoms with van der Waals surface area (Å²) in [5.41, 5.74) is 0.632. The number of methoxy groups -OCH3 is 1. The number of carbonyl (C=O) groups is 1. The van der Waals surface area contributed by atoms with E-state index in [1.54, 1.807) is 79.6 Å².